The Morgan fingerprint density at radius 2 is 1.71 bits per heavy atom. The van der Waals surface area contributed by atoms with Crippen LogP contribution in [0.25, 0.3) is 0 Å². The minimum atomic E-state index is -0.551. The van der Waals surface area contributed by atoms with E-state index in [9.17, 15) is 20.4 Å². The molecule has 1 aliphatic heterocycles. The van der Waals surface area contributed by atoms with Gasteiger partial charge in [-0.05, 0) is 24.1 Å². The molecule has 2 aromatic carbocycles. The van der Waals surface area contributed by atoms with Gasteiger partial charge in [-0.25, -0.2) is 0 Å². The Morgan fingerprint density at radius 3 is 2.43 bits per heavy atom. The normalized spacial score (nSPS) is 20.6. The van der Waals surface area contributed by atoms with Gasteiger partial charge in [0, 0.05) is 17.7 Å². The van der Waals surface area contributed by atoms with E-state index in [0.717, 1.165) is 0 Å². The molecule has 0 aliphatic carbocycles. The quantitative estimate of drug-likeness (QED) is 0.508. The molecule has 0 bridgehead atoms. The minimum Gasteiger partial charge on any atom is -0.508 e. The molecule has 0 fully saturated rings. The van der Waals surface area contributed by atoms with Crippen molar-refractivity contribution in [2.45, 2.75) is 18.6 Å². The van der Waals surface area contributed by atoms with E-state index in [2.05, 4.69) is 0 Å². The number of nitrogens with two attached hydrogens (primary N) is 1. The second kappa shape index (κ2) is 4.75. The second-order valence-electron chi connectivity index (χ2n) is 5.10. The third-order valence-electron chi connectivity index (χ3n) is 3.58. The number of hydrogen-bond acceptors (Lipinski definition) is 6. The molecule has 0 unspecified atom stereocenters. The summed E-state index contributed by atoms with van der Waals surface area (Å²) in [7, 11) is 0. The number of benzene rings is 2. The molecule has 21 heavy (non-hydrogen) atoms. The predicted octanol–water partition coefficient (Wildman–Crippen LogP) is 1.51. The fourth-order valence-electron chi connectivity index (χ4n) is 2.53. The zero-order chi connectivity index (χ0) is 15.1. The van der Waals surface area contributed by atoms with Crippen LogP contribution in [-0.2, 0) is 6.42 Å². The largest absolute Gasteiger partial charge is 0.508 e. The third-order valence-corrected chi connectivity index (χ3v) is 3.58. The van der Waals surface area contributed by atoms with Crippen LogP contribution in [0.1, 0.15) is 17.2 Å². The van der Waals surface area contributed by atoms with Crippen LogP contribution in [0.15, 0.2) is 30.3 Å². The Hall–Kier alpha value is -2.60. The van der Waals surface area contributed by atoms with E-state index in [1.165, 1.54) is 24.3 Å². The van der Waals surface area contributed by atoms with Crippen LogP contribution in [0, 0.1) is 0 Å². The number of ether oxygens (including phenoxy) is 1. The Balaban J connectivity index is 2.00. The minimum absolute atomic E-state index is 0.0625. The van der Waals surface area contributed by atoms with Crippen molar-refractivity contribution in [2.24, 2.45) is 5.73 Å². The molecule has 3 rings (SSSR count). The van der Waals surface area contributed by atoms with Crippen molar-refractivity contribution in [3.05, 3.63) is 41.5 Å². The maximum atomic E-state index is 9.82. The Morgan fingerprint density at radius 1 is 0.952 bits per heavy atom. The highest BCUT2D eigenvalue weighted by Gasteiger charge is 2.31. The van der Waals surface area contributed by atoms with E-state index in [1.54, 1.807) is 6.07 Å². The smallest absolute Gasteiger partial charge is 0.157 e. The summed E-state index contributed by atoms with van der Waals surface area (Å²) in [6, 6.07) is 6.56. The van der Waals surface area contributed by atoms with Gasteiger partial charge in [0.1, 0.15) is 23.4 Å². The maximum absolute atomic E-state index is 9.82. The van der Waals surface area contributed by atoms with Gasteiger partial charge >= 0.3 is 0 Å². The first-order chi connectivity index (χ1) is 9.95. The van der Waals surface area contributed by atoms with Crippen LogP contribution >= 0.6 is 0 Å². The molecule has 0 aromatic heterocycles. The summed E-state index contributed by atoms with van der Waals surface area (Å²) in [6.45, 7) is 0. The van der Waals surface area contributed by atoms with E-state index < -0.39 is 12.1 Å². The number of fused-ring (bicyclic) bond motifs is 1. The molecular weight excluding hydrogens is 274 g/mol. The van der Waals surface area contributed by atoms with E-state index in [0.29, 0.717) is 23.3 Å². The maximum Gasteiger partial charge on any atom is 0.157 e. The number of phenols is 4. The standard InChI is InChI=1S/C15H15NO5/c16-10-6-9-12(19)4-8(17)5-14(9)21-15(10)7-1-2-11(18)13(20)3-7/h1-5,10,15,17-20H,6,16H2/t10-,15-/m1/s1. The molecule has 6 N–H and O–H groups in total. The molecule has 0 spiro atoms. The first-order valence-corrected chi connectivity index (χ1v) is 6.44. The highest BCUT2D eigenvalue weighted by Crippen LogP contribution is 2.42. The molecular formula is C15H15NO5. The SMILES string of the molecule is N[C@@H]1Cc2c(O)cc(O)cc2O[C@@H]1c1ccc(O)c(O)c1. The Kier molecular flexibility index (Phi) is 3.03. The van der Waals surface area contributed by atoms with E-state index >= 15 is 0 Å². The summed E-state index contributed by atoms with van der Waals surface area (Å²) >= 11 is 0. The highest BCUT2D eigenvalue weighted by molar-refractivity contribution is 5.52. The summed E-state index contributed by atoms with van der Waals surface area (Å²) in [5.74, 6) is -0.292. The first kappa shape index (κ1) is 13.4. The molecule has 0 radical (unpaired) electrons. The average molecular weight is 289 g/mol. The van der Waals surface area contributed by atoms with Crippen molar-refractivity contribution in [1.29, 1.82) is 0 Å². The van der Waals surface area contributed by atoms with Gasteiger partial charge in [-0.15, -0.1) is 0 Å². The summed E-state index contributed by atoms with van der Waals surface area (Å²) < 4.78 is 5.75. The van der Waals surface area contributed by atoms with Gasteiger partial charge in [0.05, 0.1) is 6.04 Å². The third kappa shape index (κ3) is 2.30. The summed E-state index contributed by atoms with van der Waals surface area (Å²) in [5.41, 5.74) is 7.22. The number of hydrogen-bond donors (Lipinski definition) is 5. The van der Waals surface area contributed by atoms with Crippen LogP contribution in [0.3, 0.4) is 0 Å². The van der Waals surface area contributed by atoms with Crippen LogP contribution in [0.2, 0.25) is 0 Å². The Bertz CT molecular complexity index is 701. The zero-order valence-electron chi connectivity index (χ0n) is 11.0. The van der Waals surface area contributed by atoms with Crippen molar-refractivity contribution in [3.63, 3.8) is 0 Å². The molecule has 2 aromatic rings. The molecule has 0 saturated heterocycles. The monoisotopic (exact) mass is 289 g/mol. The first-order valence-electron chi connectivity index (χ1n) is 6.44. The van der Waals surface area contributed by atoms with Gasteiger partial charge in [-0.3, -0.25) is 0 Å². The number of rotatable bonds is 1. The molecule has 0 saturated carbocycles. The summed E-state index contributed by atoms with van der Waals surface area (Å²) in [4.78, 5) is 0. The van der Waals surface area contributed by atoms with E-state index in [1.807, 2.05) is 0 Å². The summed E-state index contributed by atoms with van der Waals surface area (Å²) in [5, 5.41) is 38.3. The van der Waals surface area contributed by atoms with Crippen LogP contribution in [0.5, 0.6) is 28.7 Å². The number of phenolic OH excluding ortho intramolecular Hbond substituents is 4. The fourth-order valence-corrected chi connectivity index (χ4v) is 2.53. The predicted molar refractivity (Wildman–Crippen MR) is 74.6 cm³/mol. The van der Waals surface area contributed by atoms with Crippen molar-refractivity contribution < 1.29 is 25.2 Å². The van der Waals surface area contributed by atoms with Gasteiger partial charge in [0.2, 0.25) is 0 Å². The zero-order valence-corrected chi connectivity index (χ0v) is 11.0. The molecule has 1 heterocycles. The fraction of sp³-hybridized carbons (Fsp3) is 0.200. The van der Waals surface area contributed by atoms with Gasteiger partial charge < -0.3 is 30.9 Å². The van der Waals surface area contributed by atoms with E-state index in [-0.39, 0.29) is 23.0 Å². The number of aromatic hydroxyl groups is 4. The van der Waals surface area contributed by atoms with Gasteiger partial charge in [0.25, 0.3) is 0 Å². The second-order valence-corrected chi connectivity index (χ2v) is 5.10. The molecule has 110 valence electrons. The molecule has 1 aliphatic rings. The topological polar surface area (TPSA) is 116 Å². The Labute approximate surface area is 120 Å². The van der Waals surface area contributed by atoms with Crippen LogP contribution in [-0.4, -0.2) is 26.5 Å². The molecule has 6 nitrogen and oxygen atoms in total. The lowest BCUT2D eigenvalue weighted by Crippen LogP contribution is -2.37. The van der Waals surface area contributed by atoms with E-state index in [4.69, 9.17) is 10.5 Å². The van der Waals surface area contributed by atoms with Gasteiger partial charge in [-0.2, -0.15) is 0 Å². The van der Waals surface area contributed by atoms with Gasteiger partial charge in [-0.1, -0.05) is 6.07 Å². The lowest BCUT2D eigenvalue weighted by Gasteiger charge is -2.32. The summed E-state index contributed by atoms with van der Waals surface area (Å²) in [6.07, 6.45) is -0.182. The lowest BCUT2D eigenvalue weighted by atomic mass is 9.92. The lowest BCUT2D eigenvalue weighted by molar-refractivity contribution is 0.150. The van der Waals surface area contributed by atoms with Crippen molar-refractivity contribution in [2.75, 3.05) is 0 Å². The van der Waals surface area contributed by atoms with Gasteiger partial charge in [0.15, 0.2) is 11.5 Å². The molecule has 2 atom stereocenters. The van der Waals surface area contributed by atoms with Crippen molar-refractivity contribution in [1.82, 2.24) is 0 Å². The molecule has 0 amide bonds. The van der Waals surface area contributed by atoms with Crippen LogP contribution in [0.4, 0.5) is 0 Å². The molecule has 6 heteroatoms. The van der Waals surface area contributed by atoms with Crippen molar-refractivity contribution >= 4 is 0 Å². The van der Waals surface area contributed by atoms with Crippen molar-refractivity contribution in [3.8, 4) is 28.7 Å². The average Bonchev–Trinajstić information content (AvgIpc) is 2.42. The highest BCUT2D eigenvalue weighted by atomic mass is 16.5. The van der Waals surface area contributed by atoms with Crippen LogP contribution < -0.4 is 10.5 Å².